The van der Waals surface area contributed by atoms with Crippen LogP contribution >= 0.6 is 0 Å². The summed E-state index contributed by atoms with van der Waals surface area (Å²) in [5.74, 6) is 0. The third-order valence-corrected chi connectivity index (χ3v) is 2.82. The van der Waals surface area contributed by atoms with Crippen LogP contribution < -0.4 is 10.6 Å². The van der Waals surface area contributed by atoms with Crippen LogP contribution in [0.2, 0.25) is 0 Å². The van der Waals surface area contributed by atoms with Crippen molar-refractivity contribution in [2.75, 3.05) is 11.9 Å². The molecule has 1 atom stereocenters. The van der Waals surface area contributed by atoms with E-state index in [0.29, 0.717) is 12.1 Å². The summed E-state index contributed by atoms with van der Waals surface area (Å²) in [7, 11) is 0. The fourth-order valence-electron chi connectivity index (χ4n) is 1.82. The second-order valence-electron chi connectivity index (χ2n) is 6.36. The Morgan fingerprint density at radius 3 is 2.45 bits per heavy atom. The van der Waals surface area contributed by atoms with Gasteiger partial charge in [-0.2, -0.15) is 5.26 Å². The van der Waals surface area contributed by atoms with Gasteiger partial charge in [0.2, 0.25) is 0 Å². The predicted molar refractivity (Wildman–Crippen MR) is 82.6 cm³/mol. The topological polar surface area (TPSA) is 68.1 Å². The van der Waals surface area contributed by atoms with Crippen molar-refractivity contribution in [2.24, 2.45) is 0 Å². The predicted octanol–water partition coefficient (Wildman–Crippen LogP) is 2.80. The molecule has 0 heterocycles. The zero-order valence-electron chi connectivity index (χ0n) is 13.0. The maximum Gasteiger partial charge on any atom is 0.101 e. The molecule has 0 aromatic heterocycles. The molecule has 3 N–H and O–H groups in total. The van der Waals surface area contributed by atoms with Crippen LogP contribution in [0.4, 0.5) is 5.69 Å². The molecule has 1 aromatic carbocycles. The van der Waals surface area contributed by atoms with E-state index < -0.39 is 6.10 Å². The number of hydrogen-bond acceptors (Lipinski definition) is 4. The summed E-state index contributed by atoms with van der Waals surface area (Å²) < 4.78 is 0. The van der Waals surface area contributed by atoms with Crippen LogP contribution in [0, 0.1) is 11.3 Å². The smallest absolute Gasteiger partial charge is 0.101 e. The second kappa shape index (κ2) is 6.74. The summed E-state index contributed by atoms with van der Waals surface area (Å²) in [5.41, 5.74) is 2.08. The Morgan fingerprint density at radius 1 is 1.30 bits per heavy atom. The molecule has 110 valence electrons. The third kappa shape index (κ3) is 5.20. The van der Waals surface area contributed by atoms with Gasteiger partial charge in [-0.3, -0.25) is 0 Å². The van der Waals surface area contributed by atoms with E-state index in [4.69, 9.17) is 0 Å². The van der Waals surface area contributed by atoms with Crippen molar-refractivity contribution in [1.82, 2.24) is 5.32 Å². The highest BCUT2D eigenvalue weighted by Gasteiger charge is 2.15. The Bertz CT molecular complexity index is 483. The second-order valence-corrected chi connectivity index (χ2v) is 6.36. The van der Waals surface area contributed by atoms with Crippen molar-refractivity contribution in [3.05, 3.63) is 29.3 Å². The Balaban J connectivity index is 2.84. The first-order chi connectivity index (χ1) is 9.23. The number of nitriles is 1. The minimum Gasteiger partial charge on any atom is -0.387 e. The minimum absolute atomic E-state index is 0.0435. The lowest BCUT2D eigenvalue weighted by atomic mass is 10.0. The molecule has 0 saturated carbocycles. The number of hydrogen-bond donors (Lipinski definition) is 3. The van der Waals surface area contributed by atoms with Crippen molar-refractivity contribution in [2.45, 2.75) is 52.3 Å². The minimum atomic E-state index is -0.616. The van der Waals surface area contributed by atoms with Crippen molar-refractivity contribution in [1.29, 1.82) is 5.26 Å². The van der Waals surface area contributed by atoms with Gasteiger partial charge in [-0.25, -0.2) is 0 Å². The Morgan fingerprint density at radius 2 is 1.95 bits per heavy atom. The van der Waals surface area contributed by atoms with Gasteiger partial charge in [-0.1, -0.05) is 6.07 Å². The molecule has 1 aromatic rings. The van der Waals surface area contributed by atoms with Gasteiger partial charge in [0.1, 0.15) is 6.07 Å². The number of aliphatic hydroxyl groups is 1. The monoisotopic (exact) mass is 275 g/mol. The number of anilines is 1. The lowest BCUT2D eigenvalue weighted by Gasteiger charge is -2.23. The maximum atomic E-state index is 10.2. The summed E-state index contributed by atoms with van der Waals surface area (Å²) in [5, 5.41) is 25.9. The number of benzene rings is 1. The molecule has 0 spiro atoms. The summed E-state index contributed by atoms with van der Waals surface area (Å²) in [4.78, 5) is 0. The molecule has 0 aliphatic carbocycles. The van der Waals surface area contributed by atoms with E-state index in [2.05, 4.69) is 37.5 Å². The molecule has 0 bridgehead atoms. The van der Waals surface area contributed by atoms with Crippen molar-refractivity contribution in [3.8, 4) is 6.07 Å². The Kier molecular flexibility index (Phi) is 5.55. The first kappa shape index (κ1) is 16.5. The van der Waals surface area contributed by atoms with Gasteiger partial charge in [0.25, 0.3) is 0 Å². The standard InChI is InChI=1S/C16H25N3O/c1-11(2)19-14-7-6-12(8-13(14)9-17)15(20)10-18-16(3,4)5/h6-8,11,15,18-20H,10H2,1-5H3. The third-order valence-electron chi connectivity index (χ3n) is 2.82. The van der Waals surface area contributed by atoms with E-state index in [0.717, 1.165) is 11.3 Å². The maximum absolute atomic E-state index is 10.2. The summed E-state index contributed by atoms with van der Waals surface area (Å²) in [6, 6.07) is 7.91. The fraction of sp³-hybridized carbons (Fsp3) is 0.562. The number of β-amino-alcohol motifs (C(OH)–C–C–N with tert-alkyl or cyclic N) is 1. The molecule has 0 amide bonds. The molecule has 0 radical (unpaired) electrons. The van der Waals surface area contributed by atoms with E-state index in [-0.39, 0.29) is 11.6 Å². The molecule has 0 saturated heterocycles. The highest BCUT2D eigenvalue weighted by molar-refractivity contribution is 5.59. The molecule has 1 unspecified atom stereocenters. The van der Waals surface area contributed by atoms with E-state index in [1.807, 2.05) is 26.0 Å². The molecule has 0 aliphatic rings. The molecular weight excluding hydrogens is 250 g/mol. The molecule has 0 aliphatic heterocycles. The lowest BCUT2D eigenvalue weighted by molar-refractivity contribution is 0.163. The van der Waals surface area contributed by atoms with Crippen LogP contribution in [0.15, 0.2) is 18.2 Å². The number of nitrogens with zero attached hydrogens (tertiary/aromatic N) is 1. The highest BCUT2D eigenvalue weighted by Crippen LogP contribution is 2.22. The van der Waals surface area contributed by atoms with Gasteiger partial charge in [-0.15, -0.1) is 0 Å². The van der Waals surface area contributed by atoms with Gasteiger partial charge in [0.15, 0.2) is 0 Å². The van der Waals surface area contributed by atoms with Gasteiger partial charge < -0.3 is 15.7 Å². The van der Waals surface area contributed by atoms with E-state index in [9.17, 15) is 10.4 Å². The molecule has 20 heavy (non-hydrogen) atoms. The van der Waals surface area contributed by atoms with E-state index >= 15 is 0 Å². The van der Waals surface area contributed by atoms with Crippen LogP contribution in [0.1, 0.15) is 51.8 Å². The summed E-state index contributed by atoms with van der Waals surface area (Å²) in [6.45, 7) is 10.7. The number of rotatable bonds is 5. The quantitative estimate of drug-likeness (QED) is 0.773. The Labute approximate surface area is 121 Å². The fourth-order valence-corrected chi connectivity index (χ4v) is 1.82. The molecule has 4 heteroatoms. The average molecular weight is 275 g/mol. The van der Waals surface area contributed by atoms with Crippen LogP contribution in [0.5, 0.6) is 0 Å². The lowest BCUT2D eigenvalue weighted by Crippen LogP contribution is -2.38. The molecule has 0 fully saturated rings. The summed E-state index contributed by atoms with van der Waals surface area (Å²) >= 11 is 0. The molecule has 4 nitrogen and oxygen atoms in total. The highest BCUT2D eigenvalue weighted by atomic mass is 16.3. The van der Waals surface area contributed by atoms with Crippen molar-refractivity contribution >= 4 is 5.69 Å². The van der Waals surface area contributed by atoms with Gasteiger partial charge in [-0.05, 0) is 52.3 Å². The van der Waals surface area contributed by atoms with Crippen LogP contribution in [-0.4, -0.2) is 23.2 Å². The number of aliphatic hydroxyl groups excluding tert-OH is 1. The first-order valence-electron chi connectivity index (χ1n) is 6.96. The summed E-state index contributed by atoms with van der Waals surface area (Å²) in [6.07, 6.45) is -0.616. The molecule has 1 rings (SSSR count). The zero-order chi connectivity index (χ0) is 15.3. The van der Waals surface area contributed by atoms with Crippen LogP contribution in [-0.2, 0) is 0 Å². The van der Waals surface area contributed by atoms with Gasteiger partial charge >= 0.3 is 0 Å². The van der Waals surface area contributed by atoms with Crippen molar-refractivity contribution in [3.63, 3.8) is 0 Å². The number of nitrogens with one attached hydrogen (secondary N) is 2. The van der Waals surface area contributed by atoms with Gasteiger partial charge in [0.05, 0.1) is 17.4 Å². The average Bonchev–Trinajstić information content (AvgIpc) is 2.34. The largest absolute Gasteiger partial charge is 0.387 e. The van der Waals surface area contributed by atoms with Crippen molar-refractivity contribution < 1.29 is 5.11 Å². The van der Waals surface area contributed by atoms with E-state index in [1.54, 1.807) is 6.07 Å². The van der Waals surface area contributed by atoms with E-state index in [1.165, 1.54) is 0 Å². The van der Waals surface area contributed by atoms with Crippen LogP contribution in [0.3, 0.4) is 0 Å². The molecular formula is C16H25N3O. The SMILES string of the molecule is CC(C)Nc1ccc(C(O)CNC(C)(C)C)cc1C#N. The van der Waals surface area contributed by atoms with Crippen LogP contribution in [0.25, 0.3) is 0 Å². The zero-order valence-corrected chi connectivity index (χ0v) is 13.0. The normalized spacial score (nSPS) is 13.1. The van der Waals surface area contributed by atoms with Gasteiger partial charge in [0, 0.05) is 18.1 Å². The first-order valence-corrected chi connectivity index (χ1v) is 6.96. The Hall–Kier alpha value is -1.57.